The largest absolute Gasteiger partial charge is 0.493 e. The summed E-state index contributed by atoms with van der Waals surface area (Å²) in [6, 6.07) is 5.15. The second-order valence-corrected chi connectivity index (χ2v) is 3.39. The Kier molecular flexibility index (Phi) is 3.02. The van der Waals surface area contributed by atoms with E-state index in [9.17, 15) is 0 Å². The van der Waals surface area contributed by atoms with Gasteiger partial charge in [0.25, 0.3) is 5.82 Å². The summed E-state index contributed by atoms with van der Waals surface area (Å²) in [4.78, 5) is 3.81. The number of nitriles is 1. The van der Waals surface area contributed by atoms with Gasteiger partial charge in [-0.3, -0.25) is 0 Å². The van der Waals surface area contributed by atoms with E-state index in [1.54, 1.807) is 12.1 Å². The van der Waals surface area contributed by atoms with Crippen molar-refractivity contribution >= 4 is 5.69 Å². The van der Waals surface area contributed by atoms with Crippen LogP contribution in [0.2, 0.25) is 0 Å². The highest BCUT2D eigenvalue weighted by Gasteiger charge is 2.12. The summed E-state index contributed by atoms with van der Waals surface area (Å²) in [5.74, 6) is 1.12. The van der Waals surface area contributed by atoms with Gasteiger partial charge in [0.1, 0.15) is 12.4 Å². The molecule has 0 aliphatic carbocycles. The number of anilines is 1. The third-order valence-electron chi connectivity index (χ3n) is 2.37. The van der Waals surface area contributed by atoms with Crippen molar-refractivity contribution in [1.29, 1.82) is 5.26 Å². The zero-order chi connectivity index (χ0) is 13.1. The van der Waals surface area contributed by atoms with Crippen molar-refractivity contribution in [1.82, 2.24) is 14.8 Å². The van der Waals surface area contributed by atoms with Crippen molar-refractivity contribution in [2.45, 2.75) is 0 Å². The maximum atomic E-state index is 8.69. The quantitative estimate of drug-likeness (QED) is 0.800. The van der Waals surface area contributed by atoms with Crippen LogP contribution in [0.5, 0.6) is 11.5 Å². The Labute approximate surface area is 103 Å². The van der Waals surface area contributed by atoms with Crippen LogP contribution >= 0.6 is 0 Å². The molecular weight excluding hydrogens is 234 g/mol. The van der Waals surface area contributed by atoms with Crippen molar-refractivity contribution in [2.24, 2.45) is 0 Å². The van der Waals surface area contributed by atoms with Crippen LogP contribution in [0.4, 0.5) is 5.69 Å². The summed E-state index contributed by atoms with van der Waals surface area (Å²) in [6.45, 7) is 0. The highest BCUT2D eigenvalue weighted by molar-refractivity contribution is 5.65. The number of hydrogen-bond acceptors (Lipinski definition) is 6. The Hall–Kier alpha value is -2.75. The summed E-state index contributed by atoms with van der Waals surface area (Å²) in [6.07, 6.45) is 1.41. The normalized spacial score (nSPS) is 9.83. The Balaban J connectivity index is 2.54. The molecule has 0 atom stereocenters. The first-order valence-electron chi connectivity index (χ1n) is 5.03. The molecule has 0 aliphatic heterocycles. The zero-order valence-electron chi connectivity index (χ0n) is 9.91. The van der Waals surface area contributed by atoms with Crippen molar-refractivity contribution in [2.75, 3.05) is 20.0 Å². The molecule has 0 spiro atoms. The molecule has 7 nitrogen and oxygen atoms in total. The lowest BCUT2D eigenvalue weighted by Crippen LogP contribution is -2.02. The van der Waals surface area contributed by atoms with Gasteiger partial charge in [0.05, 0.1) is 25.6 Å². The molecule has 0 amide bonds. The maximum Gasteiger partial charge on any atom is 0.252 e. The smallest absolute Gasteiger partial charge is 0.252 e. The van der Waals surface area contributed by atoms with Crippen LogP contribution in [0, 0.1) is 11.3 Å². The highest BCUT2D eigenvalue weighted by atomic mass is 16.5. The van der Waals surface area contributed by atoms with E-state index in [1.165, 1.54) is 25.2 Å². The second-order valence-electron chi connectivity index (χ2n) is 3.39. The molecule has 7 heteroatoms. The summed E-state index contributed by atoms with van der Waals surface area (Å²) < 4.78 is 11.7. The topological polar surface area (TPSA) is 99.0 Å². The fourth-order valence-electron chi connectivity index (χ4n) is 1.51. The summed E-state index contributed by atoms with van der Waals surface area (Å²) >= 11 is 0. The van der Waals surface area contributed by atoms with Crippen molar-refractivity contribution in [3.8, 4) is 23.3 Å². The minimum atomic E-state index is 0.0733. The first-order valence-corrected chi connectivity index (χ1v) is 5.03. The third-order valence-corrected chi connectivity index (χ3v) is 2.37. The predicted octanol–water partition coefficient (Wildman–Crippen LogP) is 0.738. The van der Waals surface area contributed by atoms with Gasteiger partial charge in [-0.2, -0.15) is 5.26 Å². The molecule has 0 saturated carbocycles. The minimum absolute atomic E-state index is 0.0733. The van der Waals surface area contributed by atoms with Gasteiger partial charge in [0, 0.05) is 12.1 Å². The summed E-state index contributed by atoms with van der Waals surface area (Å²) in [7, 11) is 3.06. The number of benzene rings is 1. The van der Waals surface area contributed by atoms with Crippen LogP contribution in [0.3, 0.4) is 0 Å². The summed E-state index contributed by atoms with van der Waals surface area (Å²) in [5, 5.41) is 12.6. The Morgan fingerprint density at radius 2 is 1.94 bits per heavy atom. The Morgan fingerprint density at radius 1 is 1.28 bits per heavy atom. The molecule has 1 aromatic carbocycles. The fourth-order valence-corrected chi connectivity index (χ4v) is 1.51. The van der Waals surface area contributed by atoms with Gasteiger partial charge >= 0.3 is 0 Å². The van der Waals surface area contributed by atoms with Crippen molar-refractivity contribution < 1.29 is 9.47 Å². The molecule has 0 aliphatic rings. The average molecular weight is 245 g/mol. The van der Waals surface area contributed by atoms with Crippen LogP contribution in [0.15, 0.2) is 18.5 Å². The van der Waals surface area contributed by atoms with E-state index in [2.05, 4.69) is 10.1 Å². The van der Waals surface area contributed by atoms with E-state index < -0.39 is 0 Å². The molecule has 1 heterocycles. The molecule has 2 N–H and O–H groups in total. The molecule has 92 valence electrons. The Morgan fingerprint density at radius 3 is 2.50 bits per heavy atom. The summed E-state index contributed by atoms with van der Waals surface area (Å²) in [5.41, 5.74) is 6.91. The lowest BCUT2D eigenvalue weighted by molar-refractivity contribution is 0.355. The molecule has 1 aromatic heterocycles. The van der Waals surface area contributed by atoms with Crippen LogP contribution in [-0.2, 0) is 0 Å². The standard InChI is InChI=1S/C11H11N5O2/c1-17-9-3-7(13)8(4-10(9)18-2)16-6-14-11(5-12)15-16/h3-4,6H,13H2,1-2H3. The van der Waals surface area contributed by atoms with Gasteiger partial charge in [-0.25, -0.2) is 9.67 Å². The van der Waals surface area contributed by atoms with E-state index in [0.717, 1.165) is 0 Å². The number of methoxy groups -OCH3 is 2. The van der Waals surface area contributed by atoms with Crippen LogP contribution in [0.1, 0.15) is 5.82 Å². The zero-order valence-corrected chi connectivity index (χ0v) is 9.91. The van der Waals surface area contributed by atoms with Crippen LogP contribution in [-0.4, -0.2) is 29.0 Å². The molecule has 0 saturated heterocycles. The molecular formula is C11H11N5O2. The molecule has 2 aromatic rings. The molecule has 2 rings (SSSR count). The Bertz CT molecular complexity index is 614. The first kappa shape index (κ1) is 11.7. The average Bonchev–Trinajstić information content (AvgIpc) is 2.86. The van der Waals surface area contributed by atoms with Gasteiger partial charge in [-0.15, -0.1) is 5.10 Å². The van der Waals surface area contributed by atoms with Gasteiger partial charge in [-0.1, -0.05) is 0 Å². The molecule has 0 bridgehead atoms. The van der Waals surface area contributed by atoms with Crippen LogP contribution in [0.25, 0.3) is 5.69 Å². The van der Waals surface area contributed by atoms with E-state index in [1.807, 2.05) is 6.07 Å². The number of rotatable bonds is 3. The SMILES string of the molecule is COc1cc(N)c(-n2cnc(C#N)n2)cc1OC. The third kappa shape index (κ3) is 1.91. The number of ether oxygens (including phenoxy) is 2. The monoisotopic (exact) mass is 245 g/mol. The molecule has 0 fully saturated rings. The number of aromatic nitrogens is 3. The van der Waals surface area contributed by atoms with Gasteiger partial charge in [0.2, 0.25) is 0 Å². The highest BCUT2D eigenvalue weighted by Crippen LogP contribution is 2.33. The number of nitrogens with zero attached hydrogens (tertiary/aromatic N) is 4. The lowest BCUT2D eigenvalue weighted by Gasteiger charge is -2.11. The van der Waals surface area contributed by atoms with Gasteiger partial charge < -0.3 is 15.2 Å². The van der Waals surface area contributed by atoms with Crippen molar-refractivity contribution in [3.05, 3.63) is 24.3 Å². The van der Waals surface area contributed by atoms with E-state index in [0.29, 0.717) is 22.9 Å². The van der Waals surface area contributed by atoms with E-state index >= 15 is 0 Å². The minimum Gasteiger partial charge on any atom is -0.493 e. The number of hydrogen-bond donors (Lipinski definition) is 1. The van der Waals surface area contributed by atoms with Crippen LogP contribution < -0.4 is 15.2 Å². The van der Waals surface area contributed by atoms with Gasteiger partial charge in [-0.05, 0) is 0 Å². The van der Waals surface area contributed by atoms with Crippen molar-refractivity contribution in [3.63, 3.8) is 0 Å². The first-order chi connectivity index (χ1) is 8.69. The van der Waals surface area contributed by atoms with Gasteiger partial charge in [0.15, 0.2) is 11.5 Å². The molecule has 0 unspecified atom stereocenters. The maximum absolute atomic E-state index is 8.69. The molecule has 18 heavy (non-hydrogen) atoms. The fraction of sp³-hybridized carbons (Fsp3) is 0.182. The molecule has 0 radical (unpaired) electrons. The lowest BCUT2D eigenvalue weighted by atomic mass is 10.2. The second kappa shape index (κ2) is 4.63. The number of nitrogen functional groups attached to an aromatic ring is 1. The number of nitrogens with two attached hydrogens (primary N) is 1. The van der Waals surface area contributed by atoms with E-state index in [-0.39, 0.29) is 5.82 Å². The van der Waals surface area contributed by atoms with E-state index in [4.69, 9.17) is 20.5 Å². The predicted molar refractivity (Wildman–Crippen MR) is 63.6 cm³/mol.